The highest BCUT2D eigenvalue weighted by molar-refractivity contribution is 7.15. The number of carbonyl (C=O) groups is 2. The van der Waals surface area contributed by atoms with Crippen molar-refractivity contribution < 1.29 is 23.8 Å². The van der Waals surface area contributed by atoms with Gasteiger partial charge < -0.3 is 19.5 Å². The number of nitrogens with one attached hydrogen (secondary N) is 2. The first-order chi connectivity index (χ1) is 11.6. The second-order valence-electron chi connectivity index (χ2n) is 4.77. The van der Waals surface area contributed by atoms with E-state index in [4.69, 9.17) is 14.2 Å². The Bertz CT molecular complexity index is 763. The molecule has 10 heteroatoms. The molecule has 3 rings (SSSR count). The van der Waals surface area contributed by atoms with Crippen LogP contribution in [0.4, 0.5) is 10.8 Å². The van der Waals surface area contributed by atoms with Gasteiger partial charge in [-0.25, -0.2) is 0 Å². The molecule has 0 saturated carbocycles. The molecule has 1 aromatic heterocycles. The van der Waals surface area contributed by atoms with Crippen LogP contribution in [0, 0.1) is 0 Å². The number of carbonyl (C=O) groups excluding carboxylic acids is 2. The van der Waals surface area contributed by atoms with Crippen molar-refractivity contribution in [2.24, 2.45) is 0 Å². The number of hydrogen-bond acceptors (Lipinski definition) is 8. The highest BCUT2D eigenvalue weighted by Crippen LogP contribution is 2.31. The molecule has 0 radical (unpaired) electrons. The zero-order valence-electron chi connectivity index (χ0n) is 12.7. The summed E-state index contributed by atoms with van der Waals surface area (Å²) in [5, 5.41) is 14.0. The number of nitrogens with zero attached hydrogens (tertiary/aromatic N) is 2. The molecule has 2 aromatic rings. The van der Waals surface area contributed by atoms with Crippen LogP contribution in [0.2, 0.25) is 0 Å². The lowest BCUT2D eigenvalue weighted by Gasteiger charge is -2.18. The van der Waals surface area contributed by atoms with Crippen LogP contribution >= 0.6 is 11.3 Å². The molecule has 2 amide bonds. The Balaban J connectivity index is 1.54. The van der Waals surface area contributed by atoms with Crippen molar-refractivity contribution in [3.8, 4) is 11.5 Å². The molecule has 2 heterocycles. The smallest absolute Gasteiger partial charge is 0.264 e. The molecular formula is C14H14N4O5S. The molecule has 0 spiro atoms. The largest absolute Gasteiger partial charge is 0.484 e. The van der Waals surface area contributed by atoms with Crippen LogP contribution in [0.1, 0.15) is 5.01 Å². The Morgan fingerprint density at radius 1 is 1.46 bits per heavy atom. The van der Waals surface area contributed by atoms with E-state index in [0.29, 0.717) is 33.9 Å². The van der Waals surface area contributed by atoms with Gasteiger partial charge in [-0.2, -0.15) is 0 Å². The quantitative estimate of drug-likeness (QED) is 0.800. The van der Waals surface area contributed by atoms with Gasteiger partial charge in [0.1, 0.15) is 23.1 Å². The van der Waals surface area contributed by atoms with Gasteiger partial charge in [0.05, 0.1) is 5.69 Å². The number of anilines is 2. The van der Waals surface area contributed by atoms with Gasteiger partial charge in [-0.1, -0.05) is 11.3 Å². The first-order valence-corrected chi connectivity index (χ1v) is 7.76. The minimum absolute atomic E-state index is 0.0114. The minimum atomic E-state index is -0.367. The zero-order chi connectivity index (χ0) is 16.9. The van der Waals surface area contributed by atoms with Crippen molar-refractivity contribution >= 4 is 34.0 Å². The summed E-state index contributed by atoms with van der Waals surface area (Å²) in [6.45, 7) is 0.127. The maximum Gasteiger partial charge on any atom is 0.264 e. The average Bonchev–Trinajstić information content (AvgIpc) is 3.00. The molecule has 0 unspecified atom stereocenters. The van der Waals surface area contributed by atoms with Gasteiger partial charge in [0, 0.05) is 13.2 Å². The molecular weight excluding hydrogens is 336 g/mol. The minimum Gasteiger partial charge on any atom is -0.484 e. The van der Waals surface area contributed by atoms with Crippen molar-refractivity contribution in [3.05, 3.63) is 23.2 Å². The summed E-state index contributed by atoms with van der Waals surface area (Å²) in [6, 6.07) is 4.93. The van der Waals surface area contributed by atoms with Crippen molar-refractivity contribution in [1.82, 2.24) is 10.2 Å². The molecule has 1 aromatic carbocycles. The third-order valence-corrected chi connectivity index (χ3v) is 3.75. The lowest BCUT2D eigenvalue weighted by atomic mass is 10.2. The SMILES string of the molecule is COCc1nnc(NC(=O)COc2ccc3c(c2)NC(=O)CO3)s1. The maximum absolute atomic E-state index is 11.9. The van der Waals surface area contributed by atoms with E-state index in [1.165, 1.54) is 11.3 Å². The van der Waals surface area contributed by atoms with Crippen LogP contribution in [0.15, 0.2) is 18.2 Å². The number of benzene rings is 1. The van der Waals surface area contributed by atoms with Gasteiger partial charge in [0.25, 0.3) is 11.8 Å². The number of hydrogen-bond donors (Lipinski definition) is 2. The molecule has 0 aliphatic carbocycles. The molecule has 24 heavy (non-hydrogen) atoms. The Morgan fingerprint density at radius 2 is 2.33 bits per heavy atom. The fraction of sp³-hybridized carbons (Fsp3) is 0.286. The van der Waals surface area contributed by atoms with Crippen molar-refractivity contribution in [1.29, 1.82) is 0 Å². The van der Waals surface area contributed by atoms with E-state index in [-0.39, 0.29) is 25.0 Å². The molecule has 0 saturated heterocycles. The van der Waals surface area contributed by atoms with Crippen LogP contribution in [0.25, 0.3) is 0 Å². The first kappa shape index (κ1) is 16.1. The van der Waals surface area contributed by atoms with Gasteiger partial charge in [0.2, 0.25) is 5.13 Å². The second-order valence-corrected chi connectivity index (χ2v) is 5.83. The fourth-order valence-electron chi connectivity index (χ4n) is 1.94. The highest BCUT2D eigenvalue weighted by Gasteiger charge is 2.16. The van der Waals surface area contributed by atoms with Crippen LogP contribution in [0.5, 0.6) is 11.5 Å². The number of rotatable bonds is 6. The third-order valence-electron chi connectivity index (χ3n) is 2.93. The van der Waals surface area contributed by atoms with Gasteiger partial charge in [-0.3, -0.25) is 14.9 Å². The molecule has 9 nitrogen and oxygen atoms in total. The summed E-state index contributed by atoms with van der Waals surface area (Å²) in [5.41, 5.74) is 0.512. The number of ether oxygens (including phenoxy) is 3. The first-order valence-electron chi connectivity index (χ1n) is 6.94. The molecule has 2 N–H and O–H groups in total. The number of amides is 2. The molecule has 1 aliphatic rings. The predicted octanol–water partition coefficient (Wildman–Crippen LogP) is 1.03. The lowest BCUT2D eigenvalue weighted by Crippen LogP contribution is -2.25. The van der Waals surface area contributed by atoms with Gasteiger partial charge in [0.15, 0.2) is 13.2 Å². The van der Waals surface area contributed by atoms with E-state index < -0.39 is 0 Å². The summed E-state index contributed by atoms with van der Waals surface area (Å²) in [4.78, 5) is 23.2. The van der Waals surface area contributed by atoms with Crippen molar-refractivity contribution in [2.45, 2.75) is 6.61 Å². The third kappa shape index (κ3) is 3.97. The average molecular weight is 350 g/mol. The van der Waals surface area contributed by atoms with Gasteiger partial charge >= 0.3 is 0 Å². The second kappa shape index (κ2) is 7.23. The van der Waals surface area contributed by atoms with Crippen LogP contribution in [0.3, 0.4) is 0 Å². The Labute approximate surface area is 140 Å². The predicted molar refractivity (Wildman–Crippen MR) is 85.3 cm³/mol. The highest BCUT2D eigenvalue weighted by atomic mass is 32.1. The van der Waals surface area contributed by atoms with Crippen LogP contribution in [-0.4, -0.2) is 42.3 Å². The standard InChI is InChI=1S/C14H14N4O5S/c1-21-7-13-17-18-14(24-13)16-12(20)5-22-8-2-3-10-9(4-8)15-11(19)6-23-10/h2-4H,5-7H2,1H3,(H,15,19)(H,16,18,20). The monoisotopic (exact) mass is 350 g/mol. The summed E-state index contributed by atoms with van der Waals surface area (Å²) in [7, 11) is 1.56. The summed E-state index contributed by atoms with van der Waals surface area (Å²) in [6.07, 6.45) is 0. The topological polar surface area (TPSA) is 112 Å². The van der Waals surface area contributed by atoms with Crippen molar-refractivity contribution in [3.63, 3.8) is 0 Å². The number of aromatic nitrogens is 2. The lowest BCUT2D eigenvalue weighted by molar-refractivity contribution is -0.119. The summed E-state index contributed by atoms with van der Waals surface area (Å²) < 4.78 is 15.6. The number of fused-ring (bicyclic) bond motifs is 1. The van der Waals surface area contributed by atoms with Gasteiger partial charge in [-0.05, 0) is 12.1 Å². The summed E-state index contributed by atoms with van der Waals surface area (Å²) >= 11 is 1.23. The Hall–Kier alpha value is -2.72. The van der Waals surface area contributed by atoms with Crippen molar-refractivity contribution in [2.75, 3.05) is 31.0 Å². The normalized spacial score (nSPS) is 12.8. The Kier molecular flexibility index (Phi) is 4.87. The van der Waals surface area contributed by atoms with Crippen LogP contribution in [-0.2, 0) is 20.9 Å². The molecule has 126 valence electrons. The molecule has 1 aliphatic heterocycles. The van der Waals surface area contributed by atoms with E-state index in [1.54, 1.807) is 25.3 Å². The molecule has 0 atom stereocenters. The molecule has 0 bridgehead atoms. The zero-order valence-corrected chi connectivity index (χ0v) is 13.5. The van der Waals surface area contributed by atoms with E-state index >= 15 is 0 Å². The van der Waals surface area contributed by atoms with E-state index in [2.05, 4.69) is 20.8 Å². The van der Waals surface area contributed by atoms with E-state index in [9.17, 15) is 9.59 Å². The van der Waals surface area contributed by atoms with Gasteiger partial charge in [-0.15, -0.1) is 10.2 Å². The van der Waals surface area contributed by atoms with E-state index in [0.717, 1.165) is 0 Å². The van der Waals surface area contributed by atoms with E-state index in [1.807, 2.05) is 0 Å². The number of methoxy groups -OCH3 is 1. The summed E-state index contributed by atoms with van der Waals surface area (Å²) in [5.74, 6) is 0.395. The maximum atomic E-state index is 11.9. The fourth-order valence-corrected chi connectivity index (χ4v) is 2.67. The van der Waals surface area contributed by atoms with Crippen LogP contribution < -0.4 is 20.1 Å². The Morgan fingerprint density at radius 3 is 3.17 bits per heavy atom. The molecule has 0 fully saturated rings.